The molecule has 4 aromatic rings. The molecule has 0 saturated heterocycles. The van der Waals surface area contributed by atoms with Crippen LogP contribution in [0.3, 0.4) is 0 Å². The number of fused-ring (bicyclic) bond motifs is 1. The van der Waals surface area contributed by atoms with Gasteiger partial charge in [0.05, 0.1) is 14.2 Å². The summed E-state index contributed by atoms with van der Waals surface area (Å²) in [5.74, 6) is 1.43. The van der Waals surface area contributed by atoms with Gasteiger partial charge in [-0.2, -0.15) is 0 Å². The largest absolute Gasteiger partial charge is 0.504 e. The first-order valence-electron chi connectivity index (χ1n) is 8.96. The number of aromatic hydroxyl groups is 2. The normalized spacial score (nSPS) is 11.3. The topological polar surface area (TPSA) is 88.6 Å². The molecule has 0 atom stereocenters. The number of hydrogen-bond acceptors (Lipinski definition) is 6. The number of phenolic OH excluding ortho intramolecular Hbond substituents is 2. The molecule has 152 valence electrons. The minimum Gasteiger partial charge on any atom is -0.504 e. The van der Waals surface area contributed by atoms with E-state index in [4.69, 9.17) is 14.5 Å². The van der Waals surface area contributed by atoms with Crippen molar-refractivity contribution >= 4 is 33.6 Å². The molecule has 0 aliphatic carbocycles. The van der Waals surface area contributed by atoms with Crippen LogP contribution in [-0.2, 0) is 0 Å². The zero-order valence-corrected chi connectivity index (χ0v) is 17.8. The molecule has 2 aromatic heterocycles. The van der Waals surface area contributed by atoms with E-state index < -0.39 is 0 Å². The Balaban J connectivity index is 1.87. The number of benzene rings is 2. The summed E-state index contributed by atoms with van der Waals surface area (Å²) in [6.07, 6.45) is 3.56. The summed E-state index contributed by atoms with van der Waals surface area (Å²) in [4.78, 5) is 9.39. The maximum absolute atomic E-state index is 9.93. The average Bonchev–Trinajstić information content (AvgIpc) is 3.11. The second-order valence-electron chi connectivity index (χ2n) is 6.44. The second kappa shape index (κ2) is 8.08. The molecule has 0 unspecified atom stereocenters. The van der Waals surface area contributed by atoms with Crippen molar-refractivity contribution in [1.82, 2.24) is 9.38 Å². The van der Waals surface area contributed by atoms with Gasteiger partial charge >= 0.3 is 0 Å². The number of ether oxygens (including phenoxy) is 2. The maximum Gasteiger partial charge on any atom is 0.165 e. The Labute approximate surface area is 181 Å². The van der Waals surface area contributed by atoms with E-state index in [1.54, 1.807) is 42.6 Å². The minimum absolute atomic E-state index is 0.0500. The molecule has 4 rings (SSSR count). The number of aromatic nitrogens is 2. The molecule has 0 aliphatic heterocycles. The van der Waals surface area contributed by atoms with Crippen molar-refractivity contribution < 1.29 is 19.7 Å². The van der Waals surface area contributed by atoms with Crippen LogP contribution in [0, 0.1) is 0 Å². The molecular formula is C22H18BrN3O4. The summed E-state index contributed by atoms with van der Waals surface area (Å²) in [7, 11) is 2.99. The van der Waals surface area contributed by atoms with Crippen LogP contribution in [0.2, 0.25) is 0 Å². The lowest BCUT2D eigenvalue weighted by atomic mass is 10.1. The number of nitrogens with zero attached hydrogens (tertiary/aromatic N) is 3. The molecular weight excluding hydrogens is 450 g/mol. The monoisotopic (exact) mass is 467 g/mol. The Morgan fingerprint density at radius 1 is 0.967 bits per heavy atom. The van der Waals surface area contributed by atoms with Gasteiger partial charge in [0.1, 0.15) is 11.3 Å². The van der Waals surface area contributed by atoms with E-state index in [1.165, 1.54) is 14.2 Å². The fourth-order valence-electron chi connectivity index (χ4n) is 3.06. The van der Waals surface area contributed by atoms with Gasteiger partial charge in [0.25, 0.3) is 0 Å². The van der Waals surface area contributed by atoms with E-state index in [1.807, 2.05) is 22.7 Å². The van der Waals surface area contributed by atoms with E-state index in [0.717, 1.165) is 21.2 Å². The Bertz CT molecular complexity index is 1270. The summed E-state index contributed by atoms with van der Waals surface area (Å²) in [5.41, 5.74) is 2.85. The van der Waals surface area contributed by atoms with Crippen LogP contribution in [0.15, 0.2) is 64.2 Å². The van der Waals surface area contributed by atoms with Crippen molar-refractivity contribution in [2.75, 3.05) is 14.2 Å². The molecule has 8 heteroatoms. The predicted molar refractivity (Wildman–Crippen MR) is 118 cm³/mol. The number of halogens is 1. The summed E-state index contributed by atoms with van der Waals surface area (Å²) >= 11 is 3.49. The first-order chi connectivity index (χ1) is 14.5. The molecule has 0 amide bonds. The van der Waals surface area contributed by atoms with Gasteiger partial charge < -0.3 is 19.7 Å². The number of phenols is 2. The average molecular weight is 468 g/mol. The number of imidazole rings is 1. The predicted octanol–water partition coefficient (Wildman–Crippen LogP) is 4.94. The Kier molecular flexibility index (Phi) is 5.33. The first-order valence-corrected chi connectivity index (χ1v) is 9.75. The first kappa shape index (κ1) is 19.8. The molecule has 0 bridgehead atoms. The van der Waals surface area contributed by atoms with Crippen molar-refractivity contribution in [3.63, 3.8) is 0 Å². The van der Waals surface area contributed by atoms with Gasteiger partial charge in [-0.05, 0) is 70.0 Å². The Morgan fingerprint density at radius 2 is 1.67 bits per heavy atom. The lowest BCUT2D eigenvalue weighted by molar-refractivity contribution is 0.373. The van der Waals surface area contributed by atoms with Gasteiger partial charge in [0.2, 0.25) is 0 Å². The van der Waals surface area contributed by atoms with Crippen LogP contribution in [0.5, 0.6) is 23.0 Å². The van der Waals surface area contributed by atoms with Crippen LogP contribution in [0.25, 0.3) is 16.9 Å². The van der Waals surface area contributed by atoms with Crippen molar-refractivity contribution in [2.24, 2.45) is 4.99 Å². The van der Waals surface area contributed by atoms with Gasteiger partial charge in [0.15, 0.2) is 28.8 Å². The molecule has 0 saturated carbocycles. The highest BCUT2D eigenvalue weighted by molar-refractivity contribution is 9.10. The van der Waals surface area contributed by atoms with Crippen molar-refractivity contribution in [3.05, 3.63) is 64.8 Å². The van der Waals surface area contributed by atoms with Gasteiger partial charge in [-0.3, -0.25) is 4.40 Å². The molecule has 0 fully saturated rings. The van der Waals surface area contributed by atoms with E-state index in [9.17, 15) is 10.2 Å². The Morgan fingerprint density at radius 3 is 2.40 bits per heavy atom. The van der Waals surface area contributed by atoms with Crippen LogP contribution < -0.4 is 9.47 Å². The minimum atomic E-state index is 0.0500. The number of rotatable bonds is 5. The SMILES string of the molecule is COc1cc(C=Nc2c(-c3ccc(O)c(OC)c3)nc3ccc(Br)cn23)ccc1O. The van der Waals surface area contributed by atoms with Crippen molar-refractivity contribution in [1.29, 1.82) is 0 Å². The number of methoxy groups -OCH3 is 2. The lowest BCUT2D eigenvalue weighted by Crippen LogP contribution is -1.89. The fourth-order valence-corrected chi connectivity index (χ4v) is 3.40. The molecule has 2 N–H and O–H groups in total. The summed E-state index contributed by atoms with van der Waals surface area (Å²) in [6, 6.07) is 13.8. The van der Waals surface area contributed by atoms with Crippen LogP contribution in [0.1, 0.15) is 5.56 Å². The van der Waals surface area contributed by atoms with E-state index in [2.05, 4.69) is 20.9 Å². The van der Waals surface area contributed by atoms with E-state index in [0.29, 0.717) is 23.0 Å². The molecule has 2 heterocycles. The smallest absolute Gasteiger partial charge is 0.165 e. The molecule has 0 aliphatic rings. The third-order valence-corrected chi connectivity index (χ3v) is 5.02. The Hall–Kier alpha value is -3.52. The number of pyridine rings is 1. The summed E-state index contributed by atoms with van der Waals surface area (Å²) < 4.78 is 13.2. The summed E-state index contributed by atoms with van der Waals surface area (Å²) in [5, 5.41) is 19.7. The third kappa shape index (κ3) is 3.69. The molecule has 7 nitrogen and oxygen atoms in total. The molecule has 2 aromatic carbocycles. The quantitative estimate of drug-likeness (QED) is 0.405. The van der Waals surface area contributed by atoms with Crippen LogP contribution in [0.4, 0.5) is 5.82 Å². The molecule has 30 heavy (non-hydrogen) atoms. The second-order valence-corrected chi connectivity index (χ2v) is 7.35. The zero-order valence-electron chi connectivity index (χ0n) is 16.2. The molecule has 0 spiro atoms. The van der Waals surface area contributed by atoms with E-state index in [-0.39, 0.29) is 11.5 Å². The number of aliphatic imine (C=N–C) groups is 1. The highest BCUT2D eigenvalue weighted by atomic mass is 79.9. The van der Waals surface area contributed by atoms with Gasteiger partial charge in [-0.1, -0.05) is 0 Å². The summed E-state index contributed by atoms with van der Waals surface area (Å²) in [6.45, 7) is 0. The molecule has 0 radical (unpaired) electrons. The van der Waals surface area contributed by atoms with Gasteiger partial charge in [-0.25, -0.2) is 9.98 Å². The van der Waals surface area contributed by atoms with E-state index >= 15 is 0 Å². The van der Waals surface area contributed by atoms with Crippen molar-refractivity contribution in [2.45, 2.75) is 0 Å². The van der Waals surface area contributed by atoms with Crippen LogP contribution in [-0.4, -0.2) is 40.0 Å². The zero-order chi connectivity index (χ0) is 21.3. The van der Waals surface area contributed by atoms with Gasteiger partial charge in [0, 0.05) is 22.4 Å². The maximum atomic E-state index is 9.93. The highest BCUT2D eigenvalue weighted by Gasteiger charge is 2.16. The number of hydrogen-bond donors (Lipinski definition) is 2. The third-order valence-electron chi connectivity index (χ3n) is 4.55. The standard InChI is InChI=1S/C22H18BrN3O4/c1-29-18-9-13(3-6-16(18)27)11-24-22-21(14-4-7-17(28)19(10-14)30-2)25-20-8-5-15(23)12-26(20)22/h3-12,27-28H,1-2H3. The van der Waals surface area contributed by atoms with Crippen LogP contribution >= 0.6 is 15.9 Å². The fraction of sp³-hybridized carbons (Fsp3) is 0.0909. The van der Waals surface area contributed by atoms with Gasteiger partial charge in [-0.15, -0.1) is 0 Å². The van der Waals surface area contributed by atoms with Crippen molar-refractivity contribution in [3.8, 4) is 34.3 Å². The highest BCUT2D eigenvalue weighted by Crippen LogP contribution is 2.36. The lowest BCUT2D eigenvalue weighted by Gasteiger charge is -2.06.